The van der Waals surface area contributed by atoms with Crippen molar-refractivity contribution < 1.29 is 14.3 Å². The summed E-state index contributed by atoms with van der Waals surface area (Å²) in [5.74, 6) is 1.38. The summed E-state index contributed by atoms with van der Waals surface area (Å²) in [5.41, 5.74) is 2.83. The molecule has 0 saturated carbocycles. The van der Waals surface area contributed by atoms with Gasteiger partial charge in [0.2, 0.25) is 5.91 Å². The Labute approximate surface area is 146 Å². The fraction of sp³-hybridized carbons (Fsp3) is 0.444. The molecule has 1 amide bonds. The minimum Gasteiger partial charge on any atom is -0.376 e. The molecule has 0 spiro atoms. The van der Waals surface area contributed by atoms with Crippen LogP contribution in [0.2, 0.25) is 0 Å². The van der Waals surface area contributed by atoms with Crippen molar-refractivity contribution in [1.29, 1.82) is 0 Å². The maximum atomic E-state index is 12.5. The van der Waals surface area contributed by atoms with Gasteiger partial charge in [0.05, 0.1) is 32.5 Å². The summed E-state index contributed by atoms with van der Waals surface area (Å²) in [4.78, 5) is 27.7. The summed E-state index contributed by atoms with van der Waals surface area (Å²) in [7, 11) is 0. The van der Waals surface area contributed by atoms with Crippen LogP contribution in [0.3, 0.4) is 0 Å². The first-order valence-electron chi connectivity index (χ1n) is 8.50. The molecule has 1 saturated heterocycles. The number of amides is 1. The number of carbonyl (C=O) groups is 1. The van der Waals surface area contributed by atoms with Gasteiger partial charge < -0.3 is 9.47 Å². The van der Waals surface area contributed by atoms with Crippen LogP contribution in [-0.2, 0) is 20.7 Å². The van der Waals surface area contributed by atoms with Crippen molar-refractivity contribution in [2.45, 2.75) is 25.9 Å². The van der Waals surface area contributed by atoms with Crippen molar-refractivity contribution in [3.63, 3.8) is 0 Å². The molecule has 2 aromatic heterocycles. The molecular weight excluding hydrogens is 320 g/mol. The van der Waals surface area contributed by atoms with E-state index in [-0.39, 0.29) is 12.0 Å². The zero-order valence-corrected chi connectivity index (χ0v) is 14.1. The van der Waals surface area contributed by atoms with Crippen LogP contribution in [0.4, 0.5) is 5.82 Å². The van der Waals surface area contributed by atoms with Crippen LogP contribution in [0.5, 0.6) is 0 Å². The molecule has 0 radical (unpaired) electrons. The number of aryl methyl sites for hydroxylation is 1. The van der Waals surface area contributed by atoms with E-state index in [1.807, 2.05) is 19.1 Å². The Bertz CT molecular complexity index is 775. The van der Waals surface area contributed by atoms with Crippen LogP contribution < -0.4 is 4.90 Å². The molecule has 4 heterocycles. The Morgan fingerprint density at radius 3 is 2.80 bits per heavy atom. The second-order valence-electron chi connectivity index (χ2n) is 6.24. The van der Waals surface area contributed by atoms with E-state index in [2.05, 4.69) is 9.97 Å². The fourth-order valence-electron chi connectivity index (χ4n) is 3.25. The van der Waals surface area contributed by atoms with Crippen LogP contribution in [-0.4, -0.2) is 53.3 Å². The lowest BCUT2D eigenvalue weighted by atomic mass is 10.0. The molecule has 0 bridgehead atoms. The van der Waals surface area contributed by atoms with Gasteiger partial charge in [-0.15, -0.1) is 0 Å². The number of hydrogen-bond donors (Lipinski definition) is 0. The second-order valence-corrected chi connectivity index (χ2v) is 6.24. The predicted molar refractivity (Wildman–Crippen MR) is 91.2 cm³/mol. The molecule has 25 heavy (non-hydrogen) atoms. The van der Waals surface area contributed by atoms with Crippen molar-refractivity contribution >= 4 is 11.7 Å². The number of nitrogens with zero attached hydrogens (tertiary/aromatic N) is 4. The Hall–Kier alpha value is -2.38. The van der Waals surface area contributed by atoms with Gasteiger partial charge in [-0.3, -0.25) is 14.7 Å². The van der Waals surface area contributed by atoms with Gasteiger partial charge in [0, 0.05) is 35.6 Å². The van der Waals surface area contributed by atoms with Crippen LogP contribution in [0.15, 0.2) is 24.5 Å². The topological polar surface area (TPSA) is 77.4 Å². The third-order valence-corrected chi connectivity index (χ3v) is 4.55. The standard InChI is InChI=1S/C18H20N4O3/c1-12-15-2-3-16(23)22(10-14-11-24-8-9-25-14)18(15)21-17(20-12)13-4-6-19-7-5-13/h4-7,14H,2-3,8-11H2,1H3/t14-/m1/s1. The highest BCUT2D eigenvalue weighted by molar-refractivity contribution is 5.95. The van der Waals surface area contributed by atoms with Crippen LogP contribution in [0.1, 0.15) is 17.7 Å². The van der Waals surface area contributed by atoms with Gasteiger partial charge in [-0.1, -0.05) is 0 Å². The summed E-state index contributed by atoms with van der Waals surface area (Å²) in [6, 6.07) is 3.74. The van der Waals surface area contributed by atoms with Gasteiger partial charge in [-0.25, -0.2) is 9.97 Å². The van der Waals surface area contributed by atoms with Crippen molar-refractivity contribution in [3.05, 3.63) is 35.8 Å². The quantitative estimate of drug-likeness (QED) is 0.843. The predicted octanol–water partition coefficient (Wildman–Crippen LogP) is 1.54. The van der Waals surface area contributed by atoms with Gasteiger partial charge >= 0.3 is 0 Å². The van der Waals surface area contributed by atoms with Crippen LogP contribution in [0.25, 0.3) is 11.4 Å². The van der Waals surface area contributed by atoms with Gasteiger partial charge in [0.15, 0.2) is 5.82 Å². The Kier molecular flexibility index (Phi) is 4.42. The third kappa shape index (κ3) is 3.25. The highest BCUT2D eigenvalue weighted by atomic mass is 16.6. The van der Waals surface area contributed by atoms with Gasteiger partial charge in [0.1, 0.15) is 5.82 Å². The molecule has 130 valence electrons. The summed E-state index contributed by atoms with van der Waals surface area (Å²) in [6.45, 7) is 4.09. The number of hydrogen-bond acceptors (Lipinski definition) is 6. The van der Waals surface area contributed by atoms with E-state index in [9.17, 15) is 4.79 Å². The Balaban J connectivity index is 1.71. The molecule has 7 heteroatoms. The molecule has 0 aromatic carbocycles. The van der Waals surface area contributed by atoms with E-state index < -0.39 is 0 Å². The minimum atomic E-state index is -0.122. The average molecular weight is 340 g/mol. The third-order valence-electron chi connectivity index (χ3n) is 4.55. The lowest BCUT2D eigenvalue weighted by molar-refractivity contribution is -0.121. The summed E-state index contributed by atoms with van der Waals surface area (Å²) >= 11 is 0. The minimum absolute atomic E-state index is 0.0699. The normalized spacial score (nSPS) is 20.4. The molecule has 0 aliphatic carbocycles. The van der Waals surface area contributed by atoms with E-state index in [1.165, 1.54) is 0 Å². The molecule has 7 nitrogen and oxygen atoms in total. The van der Waals surface area contributed by atoms with Crippen molar-refractivity contribution in [1.82, 2.24) is 15.0 Å². The first-order chi connectivity index (χ1) is 12.2. The van der Waals surface area contributed by atoms with Crippen molar-refractivity contribution in [2.75, 3.05) is 31.3 Å². The van der Waals surface area contributed by atoms with E-state index in [0.29, 0.717) is 50.8 Å². The average Bonchev–Trinajstić information content (AvgIpc) is 2.65. The second kappa shape index (κ2) is 6.85. The number of carbonyl (C=O) groups excluding carboxylic acids is 1. The molecule has 4 rings (SSSR count). The molecule has 1 fully saturated rings. The lowest BCUT2D eigenvalue weighted by Gasteiger charge is -2.33. The Morgan fingerprint density at radius 2 is 2.04 bits per heavy atom. The van der Waals surface area contributed by atoms with Gasteiger partial charge in [-0.2, -0.15) is 0 Å². The highest BCUT2D eigenvalue weighted by Crippen LogP contribution is 2.30. The monoisotopic (exact) mass is 340 g/mol. The maximum Gasteiger partial charge on any atom is 0.228 e. The van der Waals surface area contributed by atoms with Crippen LogP contribution >= 0.6 is 0 Å². The molecule has 1 atom stereocenters. The number of pyridine rings is 1. The maximum absolute atomic E-state index is 12.5. The van der Waals surface area contributed by atoms with Crippen LogP contribution in [0, 0.1) is 6.92 Å². The van der Waals surface area contributed by atoms with Gasteiger partial charge in [-0.05, 0) is 25.5 Å². The van der Waals surface area contributed by atoms with E-state index >= 15 is 0 Å². The molecule has 2 aromatic rings. The Morgan fingerprint density at radius 1 is 1.20 bits per heavy atom. The zero-order chi connectivity index (χ0) is 17.2. The largest absolute Gasteiger partial charge is 0.376 e. The van der Waals surface area contributed by atoms with Crippen molar-refractivity contribution in [3.8, 4) is 11.4 Å². The smallest absolute Gasteiger partial charge is 0.228 e. The molecule has 2 aliphatic heterocycles. The molecular formula is C18H20N4O3. The SMILES string of the molecule is Cc1nc(-c2ccncc2)nc2c1CCC(=O)N2C[C@@H]1COCCO1. The van der Waals surface area contributed by atoms with E-state index in [4.69, 9.17) is 14.5 Å². The fourth-order valence-corrected chi connectivity index (χ4v) is 3.25. The first-order valence-corrected chi connectivity index (χ1v) is 8.50. The number of anilines is 1. The highest BCUT2D eigenvalue weighted by Gasteiger charge is 2.31. The summed E-state index contributed by atoms with van der Waals surface area (Å²) in [6.07, 6.45) is 4.45. The molecule has 0 unspecified atom stereocenters. The number of rotatable bonds is 3. The molecule has 2 aliphatic rings. The number of aromatic nitrogens is 3. The van der Waals surface area contributed by atoms with Crippen molar-refractivity contribution in [2.24, 2.45) is 0 Å². The number of fused-ring (bicyclic) bond motifs is 1. The summed E-state index contributed by atoms with van der Waals surface area (Å²) in [5, 5.41) is 0. The molecule has 0 N–H and O–H groups in total. The van der Waals surface area contributed by atoms with Gasteiger partial charge in [0.25, 0.3) is 0 Å². The first kappa shape index (κ1) is 16.1. The lowest BCUT2D eigenvalue weighted by Crippen LogP contribution is -2.45. The summed E-state index contributed by atoms with van der Waals surface area (Å²) < 4.78 is 11.2. The van der Waals surface area contributed by atoms with E-state index in [1.54, 1.807) is 17.3 Å². The van der Waals surface area contributed by atoms with E-state index in [0.717, 1.165) is 16.8 Å². The zero-order valence-electron chi connectivity index (χ0n) is 14.1. The number of ether oxygens (including phenoxy) is 2.